The van der Waals surface area contributed by atoms with Gasteiger partial charge in [0.25, 0.3) is 0 Å². The highest BCUT2D eigenvalue weighted by molar-refractivity contribution is 6.30. The van der Waals surface area contributed by atoms with E-state index < -0.39 is 0 Å². The molecule has 1 unspecified atom stereocenters. The van der Waals surface area contributed by atoms with Crippen molar-refractivity contribution in [2.24, 2.45) is 0 Å². The minimum Gasteiger partial charge on any atom is -0.463 e. The average Bonchev–Trinajstić information content (AvgIpc) is 2.61. The van der Waals surface area contributed by atoms with E-state index in [0.29, 0.717) is 5.02 Å². The number of carbonyl (C=O) groups is 1. The Morgan fingerprint density at radius 3 is 2.48 bits per heavy atom. The Kier molecular flexibility index (Phi) is 7.01. The van der Waals surface area contributed by atoms with E-state index in [4.69, 9.17) is 16.3 Å². The van der Waals surface area contributed by atoms with Crippen molar-refractivity contribution < 1.29 is 9.53 Å². The van der Waals surface area contributed by atoms with Crippen molar-refractivity contribution in [2.75, 3.05) is 29.9 Å². The van der Waals surface area contributed by atoms with Gasteiger partial charge in [-0.1, -0.05) is 11.6 Å². The molecule has 0 aromatic carbocycles. The molecule has 0 spiro atoms. The third kappa shape index (κ3) is 5.60. The van der Waals surface area contributed by atoms with Gasteiger partial charge in [-0.15, -0.1) is 0 Å². The van der Waals surface area contributed by atoms with E-state index in [2.05, 4.69) is 34.0 Å². The number of ether oxygens (including phenoxy) is 1. The first-order valence-corrected chi connectivity index (χ1v) is 8.63. The standard InChI is InChI=1S/C18H23ClN4O2/c1-4-23(5-2)18-9-7-15(11-21-18)22-17(12-25-13(3)24)16-8-6-14(19)10-20-16/h6-11,17,22H,4-5,12H2,1-3H3. The number of hydrogen-bond acceptors (Lipinski definition) is 6. The monoisotopic (exact) mass is 362 g/mol. The van der Waals surface area contributed by atoms with Gasteiger partial charge in [-0.3, -0.25) is 9.78 Å². The minimum atomic E-state index is -0.337. The van der Waals surface area contributed by atoms with Crippen LogP contribution in [0.4, 0.5) is 11.5 Å². The molecule has 0 aliphatic carbocycles. The summed E-state index contributed by atoms with van der Waals surface area (Å²) in [5, 5.41) is 3.86. The van der Waals surface area contributed by atoms with Gasteiger partial charge in [-0.05, 0) is 38.1 Å². The second-order valence-corrected chi connectivity index (χ2v) is 5.91. The molecule has 2 aromatic heterocycles. The largest absolute Gasteiger partial charge is 0.463 e. The van der Waals surface area contributed by atoms with Crippen LogP contribution in [0.3, 0.4) is 0 Å². The van der Waals surface area contributed by atoms with E-state index >= 15 is 0 Å². The Labute approximate surface area is 153 Å². The third-order valence-electron chi connectivity index (χ3n) is 3.74. The van der Waals surface area contributed by atoms with Crippen LogP contribution in [-0.4, -0.2) is 35.6 Å². The molecular formula is C18H23ClN4O2. The molecule has 0 saturated carbocycles. The molecule has 1 atom stereocenters. The molecule has 0 saturated heterocycles. The molecule has 0 amide bonds. The van der Waals surface area contributed by atoms with Crippen molar-refractivity contribution in [2.45, 2.75) is 26.8 Å². The molecule has 25 heavy (non-hydrogen) atoms. The predicted molar refractivity (Wildman–Crippen MR) is 100 cm³/mol. The van der Waals surface area contributed by atoms with Crippen molar-refractivity contribution in [3.05, 3.63) is 47.4 Å². The van der Waals surface area contributed by atoms with Crippen LogP contribution in [-0.2, 0) is 9.53 Å². The first kappa shape index (κ1) is 19.0. The van der Waals surface area contributed by atoms with Crippen LogP contribution in [0.15, 0.2) is 36.7 Å². The van der Waals surface area contributed by atoms with E-state index in [1.165, 1.54) is 6.92 Å². The van der Waals surface area contributed by atoms with Crippen molar-refractivity contribution in [1.29, 1.82) is 0 Å². The molecule has 0 aliphatic rings. The van der Waals surface area contributed by atoms with Gasteiger partial charge in [0.1, 0.15) is 18.5 Å². The van der Waals surface area contributed by atoms with E-state index in [1.807, 2.05) is 12.1 Å². The lowest BCUT2D eigenvalue weighted by Crippen LogP contribution is -2.23. The molecule has 2 heterocycles. The van der Waals surface area contributed by atoms with Gasteiger partial charge in [0.15, 0.2) is 0 Å². The molecule has 0 bridgehead atoms. The summed E-state index contributed by atoms with van der Waals surface area (Å²) in [5.74, 6) is 0.590. The number of esters is 1. The van der Waals surface area contributed by atoms with E-state index in [-0.39, 0.29) is 18.6 Å². The average molecular weight is 363 g/mol. The number of pyridine rings is 2. The van der Waals surface area contributed by atoms with Gasteiger partial charge < -0.3 is 15.0 Å². The highest BCUT2D eigenvalue weighted by Gasteiger charge is 2.15. The molecule has 134 valence electrons. The maximum absolute atomic E-state index is 11.2. The second-order valence-electron chi connectivity index (χ2n) is 5.48. The van der Waals surface area contributed by atoms with Crippen molar-refractivity contribution in [1.82, 2.24) is 9.97 Å². The normalized spacial score (nSPS) is 11.7. The Morgan fingerprint density at radius 1 is 1.20 bits per heavy atom. The first-order chi connectivity index (χ1) is 12.0. The van der Waals surface area contributed by atoms with Crippen LogP contribution in [0.1, 0.15) is 32.5 Å². The summed E-state index contributed by atoms with van der Waals surface area (Å²) in [7, 11) is 0. The van der Waals surface area contributed by atoms with Gasteiger partial charge in [0, 0.05) is 26.2 Å². The molecule has 0 radical (unpaired) electrons. The topological polar surface area (TPSA) is 67.3 Å². The Bertz CT molecular complexity index is 672. The van der Waals surface area contributed by atoms with Crippen LogP contribution < -0.4 is 10.2 Å². The summed E-state index contributed by atoms with van der Waals surface area (Å²) in [6.45, 7) is 7.55. The molecule has 0 aliphatic heterocycles. The molecule has 6 nitrogen and oxygen atoms in total. The van der Waals surface area contributed by atoms with Crippen LogP contribution >= 0.6 is 11.6 Å². The van der Waals surface area contributed by atoms with Crippen molar-refractivity contribution in [3.8, 4) is 0 Å². The van der Waals surface area contributed by atoms with Gasteiger partial charge in [0.2, 0.25) is 0 Å². The number of aromatic nitrogens is 2. The van der Waals surface area contributed by atoms with Gasteiger partial charge >= 0.3 is 5.97 Å². The second kappa shape index (κ2) is 9.22. The smallest absolute Gasteiger partial charge is 0.302 e. The maximum atomic E-state index is 11.2. The number of nitrogens with one attached hydrogen (secondary N) is 1. The predicted octanol–water partition coefficient (Wildman–Crippen LogP) is 3.69. The lowest BCUT2D eigenvalue weighted by molar-refractivity contribution is -0.141. The summed E-state index contributed by atoms with van der Waals surface area (Å²) >= 11 is 5.90. The Hall–Kier alpha value is -2.34. The highest BCUT2D eigenvalue weighted by atomic mass is 35.5. The van der Waals surface area contributed by atoms with Gasteiger partial charge in [-0.25, -0.2) is 4.98 Å². The minimum absolute atomic E-state index is 0.168. The molecule has 2 aromatic rings. The summed E-state index contributed by atoms with van der Waals surface area (Å²) in [6, 6.07) is 7.20. The number of halogens is 1. The molecule has 1 N–H and O–H groups in total. The molecule has 2 rings (SSSR count). The summed E-state index contributed by atoms with van der Waals surface area (Å²) in [4.78, 5) is 22.1. The fraction of sp³-hybridized carbons (Fsp3) is 0.389. The lowest BCUT2D eigenvalue weighted by atomic mass is 10.2. The Balaban J connectivity index is 2.15. The van der Waals surface area contributed by atoms with Crippen LogP contribution in [0, 0.1) is 0 Å². The number of rotatable bonds is 8. The Morgan fingerprint density at radius 2 is 1.96 bits per heavy atom. The van der Waals surface area contributed by atoms with Gasteiger partial charge in [-0.2, -0.15) is 0 Å². The molecular weight excluding hydrogens is 340 g/mol. The number of nitrogens with zero attached hydrogens (tertiary/aromatic N) is 3. The number of hydrogen-bond donors (Lipinski definition) is 1. The number of anilines is 2. The van der Waals surface area contributed by atoms with Gasteiger partial charge in [0.05, 0.1) is 22.6 Å². The fourth-order valence-corrected chi connectivity index (χ4v) is 2.51. The van der Waals surface area contributed by atoms with Crippen LogP contribution in [0.25, 0.3) is 0 Å². The van der Waals surface area contributed by atoms with Crippen LogP contribution in [0.5, 0.6) is 0 Å². The zero-order valence-electron chi connectivity index (χ0n) is 14.7. The fourth-order valence-electron chi connectivity index (χ4n) is 2.40. The van der Waals surface area contributed by atoms with Crippen LogP contribution in [0.2, 0.25) is 5.02 Å². The summed E-state index contributed by atoms with van der Waals surface area (Å²) in [5.41, 5.74) is 1.56. The SMILES string of the molecule is CCN(CC)c1ccc(NC(COC(C)=O)c2ccc(Cl)cn2)cn1. The zero-order chi connectivity index (χ0) is 18.2. The molecule has 0 fully saturated rings. The third-order valence-corrected chi connectivity index (χ3v) is 3.96. The summed E-state index contributed by atoms with van der Waals surface area (Å²) < 4.78 is 5.15. The highest BCUT2D eigenvalue weighted by Crippen LogP contribution is 2.21. The van der Waals surface area contributed by atoms with Crippen molar-refractivity contribution >= 4 is 29.1 Å². The van der Waals surface area contributed by atoms with E-state index in [0.717, 1.165) is 30.3 Å². The quantitative estimate of drug-likeness (QED) is 0.722. The first-order valence-electron chi connectivity index (χ1n) is 8.25. The maximum Gasteiger partial charge on any atom is 0.302 e. The van der Waals surface area contributed by atoms with E-state index in [9.17, 15) is 4.79 Å². The van der Waals surface area contributed by atoms with Crippen molar-refractivity contribution in [3.63, 3.8) is 0 Å². The van der Waals surface area contributed by atoms with E-state index in [1.54, 1.807) is 24.5 Å². The zero-order valence-corrected chi connectivity index (χ0v) is 15.5. The number of carbonyl (C=O) groups excluding carboxylic acids is 1. The summed E-state index contributed by atoms with van der Waals surface area (Å²) in [6.07, 6.45) is 3.34. The molecule has 7 heteroatoms. The lowest BCUT2D eigenvalue weighted by Gasteiger charge is -2.21.